The zero-order valence-corrected chi connectivity index (χ0v) is 44.9. The van der Waals surface area contributed by atoms with Gasteiger partial charge in [0.2, 0.25) is 5.95 Å². The molecule has 4 aromatic rings. The number of pyridine rings is 2. The number of nitrogens with zero attached hydrogens (tertiary/aromatic N) is 4. The van der Waals surface area contributed by atoms with Crippen LogP contribution in [0.15, 0.2) is 41.5 Å². The minimum atomic E-state index is -3.79. The van der Waals surface area contributed by atoms with E-state index in [-0.39, 0.29) is 65.4 Å². The number of benzene rings is 1. The molecule has 1 aromatic carbocycles. The normalized spacial score (nSPS) is 13.0. The molecule has 0 amide bonds. The van der Waals surface area contributed by atoms with Crippen LogP contribution in [0.1, 0.15) is 116 Å². The monoisotopic (exact) mass is 1070 g/mol. The van der Waals surface area contributed by atoms with E-state index in [1.54, 1.807) is 23.9 Å². The van der Waals surface area contributed by atoms with Gasteiger partial charge in [-0.05, 0) is 128 Å². The second-order valence-electron chi connectivity index (χ2n) is 19.3. The van der Waals surface area contributed by atoms with Gasteiger partial charge in [0.05, 0.1) is 67.2 Å². The Morgan fingerprint density at radius 2 is 1.18 bits per heavy atom. The van der Waals surface area contributed by atoms with Crippen LogP contribution in [0.4, 0.5) is 8.78 Å². The van der Waals surface area contributed by atoms with Crippen molar-refractivity contribution in [2.45, 2.75) is 136 Å². The van der Waals surface area contributed by atoms with E-state index in [0.717, 1.165) is 12.3 Å². The molecule has 0 aliphatic heterocycles. The van der Waals surface area contributed by atoms with Crippen LogP contribution in [0, 0.1) is 11.8 Å². The number of fused-ring (bicyclic) bond motifs is 3. The van der Waals surface area contributed by atoms with Gasteiger partial charge < -0.3 is 0 Å². The zero-order valence-electron chi connectivity index (χ0n) is 38.2. The number of imidazole rings is 1. The van der Waals surface area contributed by atoms with E-state index in [1.165, 1.54) is 29.0 Å². The molecule has 2 N–H and O–H groups in total. The van der Waals surface area contributed by atoms with Crippen molar-refractivity contribution in [3.8, 4) is 11.1 Å². The van der Waals surface area contributed by atoms with Crippen molar-refractivity contribution >= 4 is 77.1 Å². The molecule has 0 aliphatic rings. The molecule has 0 spiro atoms. The first-order valence-electron chi connectivity index (χ1n) is 19.7. The third kappa shape index (κ3) is 19.1. The molecule has 20 heteroatoms. The Balaban J connectivity index is 0.000000467. The van der Waals surface area contributed by atoms with Gasteiger partial charge in [0.1, 0.15) is 5.82 Å². The van der Waals surface area contributed by atoms with Gasteiger partial charge in [0, 0.05) is 57.7 Å². The van der Waals surface area contributed by atoms with Crippen molar-refractivity contribution in [2.24, 2.45) is 7.05 Å². The van der Waals surface area contributed by atoms with E-state index in [9.17, 15) is 30.4 Å². The predicted molar refractivity (Wildman–Crippen MR) is 255 cm³/mol. The summed E-state index contributed by atoms with van der Waals surface area (Å²) in [6.45, 7) is 30.5. The van der Waals surface area contributed by atoms with E-state index in [0.29, 0.717) is 40.3 Å². The molecule has 61 heavy (non-hydrogen) atoms. The van der Waals surface area contributed by atoms with Crippen LogP contribution in [0.5, 0.6) is 0 Å². The molecule has 4 rings (SSSR count). The molecule has 3 aromatic heterocycles. The summed E-state index contributed by atoms with van der Waals surface area (Å²) in [5.41, 5.74) is 2.41. The fourth-order valence-corrected chi connectivity index (χ4v) is 18.0. The van der Waals surface area contributed by atoms with Gasteiger partial charge in [-0.1, -0.05) is 0 Å². The number of aromatic nitrogens is 4. The standard InChI is InChI=1S/C19H16F2N4O.2C11H25O3PS.2ClH.Pd/c1-10(2)25-18-13-6-12(11-4-5-17(21)23-8-11)14(20)7-15(13)22-9-16(18)24(3)19(25)26;2*1-10(2,3)15(11(4,5)6)8-7-9-16(12,13)14;;;/h4-10H,1-3H3;2*7-9H2,1-6H3,(H,12,13,14);2*1H;/q;;;;;+2. The molecule has 0 bridgehead atoms. The van der Waals surface area contributed by atoms with Crippen molar-refractivity contribution in [1.29, 1.82) is 0 Å². The van der Waals surface area contributed by atoms with Crippen molar-refractivity contribution in [2.75, 3.05) is 23.8 Å². The van der Waals surface area contributed by atoms with E-state index in [1.807, 2.05) is 13.8 Å². The molecular formula is C41H68Cl2F2N4O7P2PdS2+2. The van der Waals surface area contributed by atoms with E-state index >= 15 is 0 Å². The SMILES string of the molecule is CC(C)(C)[PH+](CCCS(=O)(=O)O)C(C)(C)C.CC(C)(C)[PH+](CCCS(=O)(=O)O)C(C)(C)C.CC(C)n1c(=O)n(C)c2cnc3cc(F)c(-c4ccc(F)nc4)cc3c21.[Cl][Pd][Cl]. The van der Waals surface area contributed by atoms with Crippen LogP contribution >= 0.6 is 34.9 Å². The maximum atomic E-state index is 14.6. The first kappa shape index (κ1) is 57.8. The Hall–Kier alpha value is -1.17. The van der Waals surface area contributed by atoms with E-state index in [4.69, 9.17) is 28.2 Å². The molecular weight excluding hydrogens is 1000 g/mol. The number of halogens is 4. The molecule has 0 atom stereocenters. The van der Waals surface area contributed by atoms with Crippen molar-refractivity contribution in [3.05, 3.63) is 58.9 Å². The van der Waals surface area contributed by atoms with Crippen molar-refractivity contribution < 1.29 is 50.7 Å². The first-order chi connectivity index (χ1) is 27.5. The summed E-state index contributed by atoms with van der Waals surface area (Å²) in [6.07, 6.45) is 5.86. The summed E-state index contributed by atoms with van der Waals surface area (Å²) >= 11 is -0.106. The van der Waals surface area contributed by atoms with Crippen LogP contribution in [0.3, 0.4) is 0 Å². The average molecular weight is 1070 g/mol. The second kappa shape index (κ2) is 23.3. The Labute approximate surface area is 381 Å². The number of aryl methyl sites for hydroxylation is 1. The molecule has 0 fully saturated rings. The minimum absolute atomic E-state index is 0.0715. The van der Waals surface area contributed by atoms with Gasteiger partial charge in [-0.25, -0.2) is 14.2 Å². The molecule has 0 unspecified atom stereocenters. The maximum absolute atomic E-state index is 14.6. The fraction of sp³-hybridized carbons (Fsp3) is 0.634. The van der Waals surface area contributed by atoms with Crippen molar-refractivity contribution in [1.82, 2.24) is 19.1 Å². The summed E-state index contributed by atoms with van der Waals surface area (Å²) in [4.78, 5) is 20.5. The van der Waals surface area contributed by atoms with Crippen LogP contribution in [-0.2, 0) is 43.2 Å². The Kier molecular flexibility index (Phi) is 22.1. The van der Waals surface area contributed by atoms with Gasteiger partial charge in [0.15, 0.2) is 0 Å². The molecule has 0 saturated carbocycles. The Morgan fingerprint density at radius 3 is 1.52 bits per heavy atom. The van der Waals surface area contributed by atoms with Gasteiger partial charge in [-0.15, -0.1) is 0 Å². The van der Waals surface area contributed by atoms with Gasteiger partial charge in [-0.2, -0.15) is 21.2 Å². The second-order valence-corrected chi connectivity index (χ2v) is 33.7. The number of hydrogen-bond donors (Lipinski definition) is 2. The van der Waals surface area contributed by atoms with Crippen molar-refractivity contribution in [3.63, 3.8) is 0 Å². The van der Waals surface area contributed by atoms with Gasteiger partial charge in [0.25, 0.3) is 20.2 Å². The summed E-state index contributed by atoms with van der Waals surface area (Å²) < 4.78 is 91.1. The summed E-state index contributed by atoms with van der Waals surface area (Å²) in [7, 11) is 2.38. The molecule has 0 radical (unpaired) electrons. The summed E-state index contributed by atoms with van der Waals surface area (Å²) in [6, 6.07) is 5.56. The third-order valence-electron chi connectivity index (χ3n) is 9.84. The van der Waals surface area contributed by atoms with Crippen LogP contribution in [0.25, 0.3) is 33.1 Å². The predicted octanol–water partition coefficient (Wildman–Crippen LogP) is 11.3. The van der Waals surface area contributed by atoms with Crippen LogP contribution < -0.4 is 5.69 Å². The quantitative estimate of drug-likeness (QED) is 0.0681. The average Bonchev–Trinajstić information content (AvgIpc) is 3.32. The molecule has 3 heterocycles. The molecule has 11 nitrogen and oxygen atoms in total. The topological polar surface area (TPSA) is 161 Å². The number of hydrogen-bond acceptors (Lipinski definition) is 7. The zero-order chi connectivity index (χ0) is 47.7. The third-order valence-corrected chi connectivity index (χ3v) is 20.4. The number of rotatable bonds is 10. The molecule has 0 saturated heterocycles. The van der Waals surface area contributed by atoms with Gasteiger partial charge in [-0.3, -0.25) is 23.2 Å². The van der Waals surface area contributed by atoms with E-state index in [2.05, 4.69) is 93.1 Å². The Morgan fingerprint density at radius 1 is 0.754 bits per heavy atom. The van der Waals surface area contributed by atoms with E-state index < -0.39 is 47.8 Å². The summed E-state index contributed by atoms with van der Waals surface area (Å²) in [5, 5.41) is 1.67. The molecule has 352 valence electrons. The van der Waals surface area contributed by atoms with Crippen LogP contribution in [0.2, 0.25) is 0 Å². The first-order valence-corrected chi connectivity index (χ1v) is 30.4. The fourth-order valence-electron chi connectivity index (χ4n) is 7.90. The van der Waals surface area contributed by atoms with Gasteiger partial charge >= 0.3 is 40.7 Å². The summed E-state index contributed by atoms with van der Waals surface area (Å²) in [5.74, 6) is -1.32. The molecule has 0 aliphatic carbocycles. The van der Waals surface area contributed by atoms with Crippen LogP contribution in [-0.4, -0.2) is 89.5 Å². The Bertz CT molecular complexity index is 2230.